The highest BCUT2D eigenvalue weighted by molar-refractivity contribution is 6.33. The third kappa shape index (κ3) is 2.97. The van der Waals surface area contributed by atoms with Gasteiger partial charge in [0.05, 0.1) is 22.7 Å². The Balaban J connectivity index is 1.63. The lowest BCUT2D eigenvalue weighted by atomic mass is 9.76. The van der Waals surface area contributed by atoms with Gasteiger partial charge in [-0.3, -0.25) is 9.59 Å². The van der Waals surface area contributed by atoms with Crippen molar-refractivity contribution < 1.29 is 14.0 Å². The highest BCUT2D eigenvalue weighted by Gasteiger charge is 2.46. The predicted octanol–water partition coefficient (Wildman–Crippen LogP) is 4.95. The van der Waals surface area contributed by atoms with Gasteiger partial charge in [-0.25, -0.2) is 4.39 Å². The van der Waals surface area contributed by atoms with Crippen LogP contribution in [0.25, 0.3) is 0 Å². The molecule has 6 heteroatoms. The molecule has 2 heterocycles. The second-order valence-electron chi connectivity index (χ2n) is 7.57. The first-order valence-corrected chi connectivity index (χ1v) is 10.2. The lowest BCUT2D eigenvalue weighted by Crippen LogP contribution is -2.49. The number of nitrogens with one attached hydrogen (secondary N) is 1. The van der Waals surface area contributed by atoms with Crippen molar-refractivity contribution in [1.29, 1.82) is 0 Å². The number of amides is 2. The van der Waals surface area contributed by atoms with Crippen LogP contribution in [0.15, 0.2) is 66.7 Å². The van der Waals surface area contributed by atoms with E-state index in [1.807, 2.05) is 36.4 Å². The first kappa shape index (κ1) is 18.8. The molecule has 1 N–H and O–H groups in total. The molecular formula is C24H18ClFN2O2. The van der Waals surface area contributed by atoms with Gasteiger partial charge in [0, 0.05) is 12.1 Å². The van der Waals surface area contributed by atoms with Gasteiger partial charge in [-0.05, 0) is 47.4 Å². The van der Waals surface area contributed by atoms with Gasteiger partial charge >= 0.3 is 0 Å². The minimum absolute atomic E-state index is 0.0611. The Morgan fingerprint density at radius 2 is 1.77 bits per heavy atom. The predicted molar refractivity (Wildman–Crippen MR) is 113 cm³/mol. The van der Waals surface area contributed by atoms with Crippen LogP contribution in [0.1, 0.15) is 39.0 Å². The molecule has 2 amide bonds. The number of rotatable bonds is 2. The zero-order valence-electron chi connectivity index (χ0n) is 15.9. The molecule has 0 aromatic heterocycles. The monoisotopic (exact) mass is 420 g/mol. The number of anilines is 1. The van der Waals surface area contributed by atoms with Crippen LogP contribution in [0.2, 0.25) is 5.02 Å². The van der Waals surface area contributed by atoms with Gasteiger partial charge in [0.1, 0.15) is 5.82 Å². The van der Waals surface area contributed by atoms with E-state index in [2.05, 4.69) is 5.32 Å². The third-order valence-electron chi connectivity index (χ3n) is 5.91. The summed E-state index contributed by atoms with van der Waals surface area (Å²) in [6.07, 6.45) is 0.749. The van der Waals surface area contributed by atoms with Gasteiger partial charge in [-0.1, -0.05) is 54.1 Å². The van der Waals surface area contributed by atoms with Crippen molar-refractivity contribution in [2.24, 2.45) is 0 Å². The number of carbonyl (C=O) groups excluding carboxylic acids is 2. The first-order chi connectivity index (χ1) is 14.5. The van der Waals surface area contributed by atoms with E-state index < -0.39 is 17.8 Å². The minimum Gasteiger partial charge on any atom is -0.330 e. The second kappa shape index (κ2) is 7.26. The molecular weight excluding hydrogens is 403 g/mol. The Kier molecular flexibility index (Phi) is 4.55. The summed E-state index contributed by atoms with van der Waals surface area (Å²) in [4.78, 5) is 28.5. The van der Waals surface area contributed by atoms with Crippen LogP contribution >= 0.6 is 11.6 Å². The van der Waals surface area contributed by atoms with Gasteiger partial charge in [-0.2, -0.15) is 0 Å². The highest BCUT2D eigenvalue weighted by atomic mass is 35.5. The summed E-state index contributed by atoms with van der Waals surface area (Å²) >= 11 is 6.14. The third-order valence-corrected chi connectivity index (χ3v) is 6.22. The largest absolute Gasteiger partial charge is 0.330 e. The number of hydrogen-bond acceptors (Lipinski definition) is 2. The lowest BCUT2D eigenvalue weighted by Gasteiger charge is -2.45. The lowest BCUT2D eigenvalue weighted by molar-refractivity contribution is -0.119. The van der Waals surface area contributed by atoms with E-state index in [0.29, 0.717) is 23.4 Å². The van der Waals surface area contributed by atoms with Crippen LogP contribution in [-0.4, -0.2) is 23.3 Å². The Bertz CT molecular complexity index is 1180. The number of fused-ring (bicyclic) bond motifs is 4. The number of carbonyl (C=O) groups is 2. The van der Waals surface area contributed by atoms with E-state index in [0.717, 1.165) is 23.6 Å². The van der Waals surface area contributed by atoms with Crippen LogP contribution in [0, 0.1) is 5.82 Å². The Labute approximate surface area is 178 Å². The van der Waals surface area contributed by atoms with Crippen LogP contribution in [0.3, 0.4) is 0 Å². The van der Waals surface area contributed by atoms with Crippen LogP contribution < -0.4 is 5.32 Å². The smallest absolute Gasteiger partial charge is 0.254 e. The molecule has 0 saturated carbocycles. The maximum atomic E-state index is 13.5. The molecule has 5 rings (SSSR count). The van der Waals surface area contributed by atoms with Crippen molar-refractivity contribution in [3.63, 3.8) is 0 Å². The normalized spacial score (nSPS) is 19.5. The van der Waals surface area contributed by atoms with Gasteiger partial charge in [0.25, 0.3) is 5.91 Å². The van der Waals surface area contributed by atoms with Crippen molar-refractivity contribution in [3.05, 3.63) is 99.8 Å². The fraction of sp³-hybridized carbons (Fsp3) is 0.167. The van der Waals surface area contributed by atoms with E-state index in [1.54, 1.807) is 17.0 Å². The van der Waals surface area contributed by atoms with Gasteiger partial charge in [0.2, 0.25) is 5.91 Å². The molecule has 2 unspecified atom stereocenters. The molecule has 4 nitrogen and oxygen atoms in total. The van der Waals surface area contributed by atoms with Crippen molar-refractivity contribution in [3.8, 4) is 0 Å². The minimum atomic E-state index is -0.610. The number of benzene rings is 3. The topological polar surface area (TPSA) is 49.4 Å². The summed E-state index contributed by atoms with van der Waals surface area (Å²) < 4.78 is 13.4. The van der Waals surface area contributed by atoms with Crippen LogP contribution in [0.5, 0.6) is 0 Å². The molecule has 0 saturated heterocycles. The molecule has 0 fully saturated rings. The Morgan fingerprint density at radius 1 is 1.03 bits per heavy atom. The first-order valence-electron chi connectivity index (χ1n) is 9.78. The summed E-state index contributed by atoms with van der Waals surface area (Å²) in [7, 11) is 0. The molecule has 0 aliphatic carbocycles. The highest BCUT2D eigenvalue weighted by Crippen LogP contribution is 2.46. The molecule has 2 atom stereocenters. The molecule has 2 aliphatic heterocycles. The molecule has 3 aromatic rings. The second-order valence-corrected chi connectivity index (χ2v) is 7.98. The molecule has 2 aliphatic rings. The van der Waals surface area contributed by atoms with Crippen molar-refractivity contribution >= 4 is 29.1 Å². The quantitative estimate of drug-likeness (QED) is 0.637. The zero-order valence-corrected chi connectivity index (χ0v) is 16.7. The van der Waals surface area contributed by atoms with Crippen molar-refractivity contribution in [2.45, 2.75) is 18.4 Å². The van der Waals surface area contributed by atoms with Crippen molar-refractivity contribution in [2.75, 3.05) is 11.9 Å². The molecule has 0 radical (unpaired) electrons. The summed E-state index contributed by atoms with van der Waals surface area (Å²) in [5.41, 5.74) is 3.70. The van der Waals surface area contributed by atoms with E-state index in [1.165, 1.54) is 12.1 Å². The molecule has 30 heavy (non-hydrogen) atoms. The molecule has 3 aromatic carbocycles. The van der Waals surface area contributed by atoms with E-state index >= 15 is 0 Å². The van der Waals surface area contributed by atoms with Crippen LogP contribution in [0.4, 0.5) is 10.1 Å². The van der Waals surface area contributed by atoms with Gasteiger partial charge in [-0.15, -0.1) is 0 Å². The summed E-state index contributed by atoms with van der Waals surface area (Å²) in [5, 5.41) is 2.98. The molecule has 0 spiro atoms. The Hall–Kier alpha value is -3.18. The SMILES string of the molecule is O=C(Nc1ccc(F)cc1Cl)C1c2ccccc2C(=O)N2CCc3ccccc3C12. The maximum absolute atomic E-state index is 13.5. The van der Waals surface area contributed by atoms with E-state index in [-0.39, 0.29) is 16.8 Å². The maximum Gasteiger partial charge on any atom is 0.254 e. The van der Waals surface area contributed by atoms with Gasteiger partial charge in [0.15, 0.2) is 0 Å². The number of nitrogens with zero attached hydrogens (tertiary/aromatic N) is 1. The summed E-state index contributed by atoms with van der Waals surface area (Å²) in [6.45, 7) is 0.552. The zero-order chi connectivity index (χ0) is 20.8. The summed E-state index contributed by atoms with van der Waals surface area (Å²) in [6, 6.07) is 18.6. The number of halogens is 2. The van der Waals surface area contributed by atoms with E-state index in [4.69, 9.17) is 11.6 Å². The average molecular weight is 421 g/mol. The van der Waals surface area contributed by atoms with Gasteiger partial charge < -0.3 is 10.2 Å². The molecule has 150 valence electrons. The Morgan fingerprint density at radius 3 is 2.57 bits per heavy atom. The fourth-order valence-corrected chi connectivity index (χ4v) is 4.77. The van der Waals surface area contributed by atoms with Crippen molar-refractivity contribution in [1.82, 2.24) is 4.90 Å². The molecule has 0 bridgehead atoms. The fourth-order valence-electron chi connectivity index (χ4n) is 4.56. The number of hydrogen-bond donors (Lipinski definition) is 1. The average Bonchev–Trinajstić information content (AvgIpc) is 2.76. The standard InChI is InChI=1S/C24H18ClFN2O2/c25-19-13-15(26)9-10-20(19)27-23(29)21-17-7-3-4-8-18(17)24(30)28-12-11-14-5-1-2-6-16(14)22(21)28/h1-10,13,21-22H,11-12H2,(H,27,29). The van der Waals surface area contributed by atoms with Crippen LogP contribution in [-0.2, 0) is 11.2 Å². The van der Waals surface area contributed by atoms with E-state index in [9.17, 15) is 14.0 Å². The summed E-state index contributed by atoms with van der Waals surface area (Å²) in [5.74, 6) is -1.43.